The third kappa shape index (κ3) is 28.0. The van der Waals surface area contributed by atoms with Crippen LogP contribution in [0.2, 0.25) is 0 Å². The van der Waals surface area contributed by atoms with Crippen molar-refractivity contribution in [1.29, 1.82) is 0 Å². The molecule has 0 amide bonds. The first-order chi connectivity index (χ1) is 16.0. The Kier molecular flexibility index (Phi) is 28.8. The monoisotopic (exact) mass is 496 g/mol. The Morgan fingerprint density at radius 2 is 1.66 bits per heavy atom. The molecule has 14 heteroatoms. The molecular weight excluding hydrogens is 465 g/mol. The molecular formula is C21H31BN3O10. The number of benzene rings is 1. The Hall–Kier alpha value is -3.97. The highest BCUT2D eigenvalue weighted by molar-refractivity contribution is 5.88. The van der Waals surface area contributed by atoms with Gasteiger partial charge in [0.25, 0.3) is 5.69 Å². The van der Waals surface area contributed by atoms with Gasteiger partial charge in [0.05, 0.1) is 15.4 Å². The van der Waals surface area contributed by atoms with E-state index in [2.05, 4.69) is 13.5 Å². The lowest BCUT2D eigenvalue weighted by molar-refractivity contribution is -0.481. The number of carboxylic acids is 1. The van der Waals surface area contributed by atoms with E-state index in [9.17, 15) is 34.6 Å². The lowest BCUT2D eigenvalue weighted by Gasteiger charge is -2.03. The summed E-state index contributed by atoms with van der Waals surface area (Å²) in [4.78, 5) is 57.7. The van der Waals surface area contributed by atoms with Gasteiger partial charge in [-0.2, -0.15) is 0 Å². The number of rotatable bonds is 12. The van der Waals surface area contributed by atoms with Crippen molar-refractivity contribution in [3.8, 4) is 0 Å². The number of nitrogens with zero attached hydrogens (tertiary/aromatic N) is 3. The maximum atomic E-state index is 10.4. The highest BCUT2D eigenvalue weighted by Gasteiger charge is 2.09. The van der Waals surface area contributed by atoms with E-state index in [1.54, 1.807) is 0 Å². The lowest BCUT2D eigenvalue weighted by Crippen LogP contribution is -2.09. The van der Waals surface area contributed by atoms with Crippen LogP contribution in [-0.4, -0.2) is 53.4 Å². The van der Waals surface area contributed by atoms with Gasteiger partial charge in [0, 0.05) is 44.2 Å². The summed E-state index contributed by atoms with van der Waals surface area (Å²) in [6.07, 6.45) is 7.36. The van der Waals surface area contributed by atoms with Crippen molar-refractivity contribution in [2.45, 2.75) is 52.4 Å². The maximum absolute atomic E-state index is 10.4. The van der Waals surface area contributed by atoms with Crippen LogP contribution in [0.25, 0.3) is 0 Å². The molecule has 193 valence electrons. The largest absolute Gasteiger partial charge is 0.478 e. The van der Waals surface area contributed by atoms with Crippen LogP contribution in [0.1, 0.15) is 62.7 Å². The van der Waals surface area contributed by atoms with Gasteiger partial charge in [-0.1, -0.05) is 32.8 Å². The van der Waals surface area contributed by atoms with Crippen molar-refractivity contribution in [3.05, 3.63) is 73.0 Å². The van der Waals surface area contributed by atoms with Gasteiger partial charge < -0.3 is 14.7 Å². The minimum absolute atomic E-state index is 0. The molecule has 3 radical (unpaired) electrons. The van der Waals surface area contributed by atoms with Crippen molar-refractivity contribution in [3.63, 3.8) is 0 Å². The summed E-state index contributed by atoms with van der Waals surface area (Å²) < 4.78 is 0. The van der Waals surface area contributed by atoms with Crippen LogP contribution in [0.15, 0.2) is 37.0 Å². The molecule has 0 aliphatic rings. The van der Waals surface area contributed by atoms with E-state index < -0.39 is 15.8 Å². The molecule has 0 heterocycles. The molecule has 13 nitrogen and oxygen atoms in total. The van der Waals surface area contributed by atoms with Crippen LogP contribution < -0.4 is 0 Å². The number of nitro benzene ring substituents is 1. The van der Waals surface area contributed by atoms with Crippen LogP contribution in [0, 0.1) is 36.3 Å². The van der Waals surface area contributed by atoms with Gasteiger partial charge in [0.1, 0.15) is 12.6 Å². The fourth-order valence-electron chi connectivity index (χ4n) is 1.96. The predicted octanol–water partition coefficient (Wildman–Crippen LogP) is 3.96. The van der Waals surface area contributed by atoms with E-state index >= 15 is 0 Å². The predicted molar refractivity (Wildman–Crippen MR) is 130 cm³/mol. The van der Waals surface area contributed by atoms with E-state index in [1.807, 2.05) is 6.92 Å². The molecule has 1 aromatic carbocycles. The van der Waals surface area contributed by atoms with Crippen LogP contribution in [0.5, 0.6) is 0 Å². The molecule has 0 aliphatic heterocycles. The third-order valence-corrected chi connectivity index (χ3v) is 3.66. The van der Waals surface area contributed by atoms with Gasteiger partial charge in [-0.25, -0.2) is 4.79 Å². The second kappa shape index (κ2) is 26.3. The second-order valence-corrected chi connectivity index (χ2v) is 6.42. The van der Waals surface area contributed by atoms with Crippen molar-refractivity contribution in [2.75, 3.05) is 6.54 Å². The highest BCUT2D eigenvalue weighted by Crippen LogP contribution is 2.12. The van der Waals surface area contributed by atoms with Crippen LogP contribution in [0.4, 0.5) is 5.69 Å². The quantitative estimate of drug-likeness (QED) is 0.145. The molecule has 0 fully saturated rings. The Bertz CT molecular complexity index is 761. The lowest BCUT2D eigenvalue weighted by atomic mass is 10.0. The van der Waals surface area contributed by atoms with Crippen molar-refractivity contribution in [2.24, 2.45) is 5.92 Å². The molecule has 0 aromatic heterocycles. The summed E-state index contributed by atoms with van der Waals surface area (Å²) >= 11 is 0. The highest BCUT2D eigenvalue weighted by atomic mass is 16.6. The molecule has 1 N–H and O–H groups in total. The average Bonchev–Trinajstić information content (AvgIpc) is 2.81. The molecule has 1 aromatic rings. The number of hydrogen-bond acceptors (Lipinski definition) is 9. The zero-order chi connectivity index (χ0) is 26.9. The number of aromatic carboxylic acids is 1. The van der Waals surface area contributed by atoms with E-state index in [0.717, 1.165) is 50.7 Å². The first-order valence-electron chi connectivity index (χ1n) is 10.2. The molecule has 0 bridgehead atoms. The number of unbranched alkanes of at least 4 members (excludes halogenated alkanes) is 2. The Balaban J connectivity index is -0.000000193. The second-order valence-electron chi connectivity index (χ2n) is 6.42. The molecule has 1 rings (SSSR count). The van der Waals surface area contributed by atoms with Gasteiger partial charge in [0.15, 0.2) is 0 Å². The Morgan fingerprint density at radius 3 is 1.97 bits per heavy atom. The first kappa shape index (κ1) is 38.3. The summed E-state index contributed by atoms with van der Waals surface area (Å²) in [7, 11) is 0. The zero-order valence-corrected chi connectivity index (χ0v) is 19.8. The SMILES string of the molecule is C=C[N+](=O)[O-].CCCC(C=O)CC[N+](=O)[O-].CCCCC=O.O=C(O)c1cccc([N+](=O)[O-])c1.[B]. The Morgan fingerprint density at radius 1 is 1.09 bits per heavy atom. The number of carbonyl (C=O) groups is 3. The minimum Gasteiger partial charge on any atom is -0.478 e. The summed E-state index contributed by atoms with van der Waals surface area (Å²) in [6, 6.07) is 4.89. The summed E-state index contributed by atoms with van der Waals surface area (Å²) in [5.41, 5.74) is -0.292. The molecule has 0 aliphatic carbocycles. The number of nitro groups is 3. The van der Waals surface area contributed by atoms with Crippen LogP contribution in [-0.2, 0) is 9.59 Å². The van der Waals surface area contributed by atoms with Gasteiger partial charge >= 0.3 is 5.97 Å². The molecule has 0 spiro atoms. The fourth-order valence-corrected chi connectivity index (χ4v) is 1.96. The molecule has 35 heavy (non-hydrogen) atoms. The van der Waals surface area contributed by atoms with Gasteiger partial charge in [-0.15, -0.1) is 0 Å². The fraction of sp³-hybridized carbons (Fsp3) is 0.476. The van der Waals surface area contributed by atoms with Crippen molar-refractivity contribution in [1.82, 2.24) is 0 Å². The zero-order valence-electron chi connectivity index (χ0n) is 19.8. The smallest absolute Gasteiger partial charge is 0.335 e. The first-order valence-corrected chi connectivity index (χ1v) is 10.2. The standard InChI is InChI=1S/C7H5NO4.C7H13NO3.C5H10O.C2H3NO2.B/c9-7(10)5-2-1-3-6(4-5)8(11)12;1-2-3-7(6-9)4-5-8(10)11;1-2-3-4-5-6;1-2-3(4)5;/h1-4H,(H,9,10);6-7H,2-5H2,1H3;5H,2-4H2,1H3;2H,1H2;. The number of aldehydes is 2. The van der Waals surface area contributed by atoms with Crippen molar-refractivity contribution < 1.29 is 34.3 Å². The van der Waals surface area contributed by atoms with Gasteiger partial charge in [-0.05, 0) is 25.5 Å². The molecule has 0 saturated heterocycles. The third-order valence-electron chi connectivity index (χ3n) is 3.66. The Labute approximate surface area is 205 Å². The van der Waals surface area contributed by atoms with Gasteiger partial charge in [0.2, 0.25) is 12.7 Å². The summed E-state index contributed by atoms with van der Waals surface area (Å²) in [6.45, 7) is 6.80. The average molecular weight is 496 g/mol. The number of carboxylic acid groups (broad SMARTS) is 1. The van der Waals surface area contributed by atoms with E-state index in [0.29, 0.717) is 12.6 Å². The summed E-state index contributed by atoms with van der Waals surface area (Å²) in [5.74, 6) is -1.29. The van der Waals surface area contributed by atoms with Crippen LogP contribution >= 0.6 is 0 Å². The van der Waals surface area contributed by atoms with Crippen molar-refractivity contribution >= 4 is 32.6 Å². The number of non-ortho nitro benzene ring substituents is 1. The minimum atomic E-state index is -1.17. The maximum Gasteiger partial charge on any atom is 0.335 e. The summed E-state index contributed by atoms with van der Waals surface area (Å²) in [5, 5.41) is 37.6. The molecule has 1 atom stereocenters. The van der Waals surface area contributed by atoms with Crippen LogP contribution in [0.3, 0.4) is 0 Å². The van der Waals surface area contributed by atoms with E-state index in [-0.39, 0.29) is 37.0 Å². The van der Waals surface area contributed by atoms with E-state index in [1.165, 1.54) is 18.2 Å². The normalized spacial score (nSPS) is 9.43. The van der Waals surface area contributed by atoms with E-state index in [4.69, 9.17) is 15.2 Å². The number of hydrogen-bond donors (Lipinski definition) is 1. The molecule has 0 saturated carbocycles. The molecule has 1 unspecified atom stereocenters. The number of carbonyl (C=O) groups excluding carboxylic acids is 2. The van der Waals surface area contributed by atoms with Gasteiger partial charge in [-0.3, -0.25) is 30.3 Å². The topological polar surface area (TPSA) is 201 Å².